The van der Waals surface area contributed by atoms with Crippen LogP contribution < -0.4 is 21.7 Å². The number of oxime groups is 1. The molecule has 0 spiro atoms. The van der Waals surface area contributed by atoms with Gasteiger partial charge in [-0.3, -0.25) is 9.59 Å². The van der Waals surface area contributed by atoms with Crippen molar-refractivity contribution in [3.8, 4) is 0 Å². The summed E-state index contributed by atoms with van der Waals surface area (Å²) in [5.74, 6) is -3.26. The SMILES string of the molecule is CC(=O)O/N=C(\N)c1ccc(CNC(=O)[C@H](Cc2cccc(CNC(=O)C(F)(F)F)c2)NC(=O)OC(C)(C)C)cc1. The van der Waals surface area contributed by atoms with E-state index in [0.717, 1.165) is 0 Å². The summed E-state index contributed by atoms with van der Waals surface area (Å²) in [6.45, 7) is 5.86. The van der Waals surface area contributed by atoms with Crippen molar-refractivity contribution >= 4 is 29.7 Å². The second-order valence-corrected chi connectivity index (χ2v) is 9.88. The lowest BCUT2D eigenvalue weighted by Crippen LogP contribution is -2.49. The number of rotatable bonds is 10. The third-order valence-electron chi connectivity index (χ3n) is 5.14. The highest BCUT2D eigenvalue weighted by Gasteiger charge is 2.38. The summed E-state index contributed by atoms with van der Waals surface area (Å²) in [6, 6.07) is 11.7. The predicted molar refractivity (Wildman–Crippen MR) is 142 cm³/mol. The van der Waals surface area contributed by atoms with Crippen molar-refractivity contribution in [1.82, 2.24) is 16.0 Å². The van der Waals surface area contributed by atoms with Crippen molar-refractivity contribution < 1.29 is 41.9 Å². The first-order valence-electron chi connectivity index (χ1n) is 12.3. The van der Waals surface area contributed by atoms with Crippen LogP contribution in [0.3, 0.4) is 0 Å². The number of amidine groups is 1. The maximum Gasteiger partial charge on any atom is 0.471 e. The molecule has 0 saturated carbocycles. The van der Waals surface area contributed by atoms with Crippen LogP contribution in [0.15, 0.2) is 53.7 Å². The van der Waals surface area contributed by atoms with Crippen LogP contribution in [0.4, 0.5) is 18.0 Å². The standard InChI is InChI=1S/C27H32F3N5O6/c1-16(36)41-35-22(31)20-10-8-17(9-11-20)14-32-23(37)21(34-25(39)40-26(2,3)4)13-18-6-5-7-19(12-18)15-33-24(38)27(28,29)30/h5-12,21H,13-15H2,1-4H3,(H2,31,35)(H,32,37)(H,33,38)(H,34,39)/t21-/m0/s1. The molecule has 41 heavy (non-hydrogen) atoms. The Morgan fingerprint density at radius 2 is 1.54 bits per heavy atom. The second kappa shape index (κ2) is 14.1. The van der Waals surface area contributed by atoms with Gasteiger partial charge in [-0.2, -0.15) is 13.2 Å². The molecule has 14 heteroatoms. The van der Waals surface area contributed by atoms with Gasteiger partial charge in [0.1, 0.15) is 11.6 Å². The van der Waals surface area contributed by atoms with E-state index in [4.69, 9.17) is 10.5 Å². The number of ether oxygens (including phenoxy) is 1. The number of alkyl carbamates (subject to hydrolysis) is 1. The normalized spacial score (nSPS) is 12.6. The monoisotopic (exact) mass is 579 g/mol. The van der Waals surface area contributed by atoms with Gasteiger partial charge in [-0.1, -0.05) is 53.7 Å². The van der Waals surface area contributed by atoms with E-state index in [9.17, 15) is 32.3 Å². The minimum absolute atomic E-state index is 0.0161. The minimum Gasteiger partial charge on any atom is -0.444 e. The Hall–Kier alpha value is -4.62. The van der Waals surface area contributed by atoms with Gasteiger partial charge in [0, 0.05) is 32.0 Å². The zero-order valence-corrected chi connectivity index (χ0v) is 22.9. The summed E-state index contributed by atoms with van der Waals surface area (Å²) in [7, 11) is 0. The third kappa shape index (κ3) is 12.0. The van der Waals surface area contributed by atoms with Gasteiger partial charge in [-0.15, -0.1) is 0 Å². The van der Waals surface area contributed by atoms with Gasteiger partial charge in [0.2, 0.25) is 5.91 Å². The highest BCUT2D eigenvalue weighted by atomic mass is 19.4. The Kier molecular flexibility index (Phi) is 11.2. The number of nitrogens with one attached hydrogen (secondary N) is 3. The van der Waals surface area contributed by atoms with Crippen LogP contribution in [0.5, 0.6) is 0 Å². The Morgan fingerprint density at radius 3 is 2.12 bits per heavy atom. The van der Waals surface area contributed by atoms with E-state index < -0.39 is 41.7 Å². The molecule has 0 heterocycles. The molecule has 0 aliphatic heterocycles. The molecule has 0 aliphatic carbocycles. The number of alkyl halides is 3. The number of nitrogens with two attached hydrogens (primary N) is 1. The Bertz CT molecular complexity index is 1270. The second-order valence-electron chi connectivity index (χ2n) is 9.88. The Balaban J connectivity index is 2.12. The molecular weight excluding hydrogens is 547 g/mol. The van der Waals surface area contributed by atoms with Crippen LogP contribution in [0.1, 0.15) is 49.9 Å². The largest absolute Gasteiger partial charge is 0.471 e. The van der Waals surface area contributed by atoms with Crippen molar-refractivity contribution in [2.45, 2.75) is 65.0 Å². The fourth-order valence-corrected chi connectivity index (χ4v) is 3.32. The van der Waals surface area contributed by atoms with Gasteiger partial charge in [-0.05, 0) is 37.5 Å². The van der Waals surface area contributed by atoms with E-state index in [0.29, 0.717) is 22.3 Å². The first-order valence-corrected chi connectivity index (χ1v) is 12.3. The van der Waals surface area contributed by atoms with E-state index in [-0.39, 0.29) is 25.3 Å². The summed E-state index contributed by atoms with van der Waals surface area (Å²) >= 11 is 0. The maximum atomic E-state index is 13.1. The Labute approximate surface area is 234 Å². The van der Waals surface area contributed by atoms with Crippen LogP contribution >= 0.6 is 0 Å². The lowest BCUT2D eigenvalue weighted by atomic mass is 10.0. The fraction of sp³-hybridized carbons (Fsp3) is 0.370. The molecule has 0 bridgehead atoms. The van der Waals surface area contributed by atoms with Crippen molar-refractivity contribution in [2.75, 3.05) is 0 Å². The van der Waals surface area contributed by atoms with Gasteiger partial charge in [0.25, 0.3) is 0 Å². The van der Waals surface area contributed by atoms with E-state index in [1.807, 2.05) is 0 Å². The molecule has 222 valence electrons. The van der Waals surface area contributed by atoms with Gasteiger partial charge in [-0.25, -0.2) is 9.59 Å². The first kappa shape index (κ1) is 32.6. The summed E-state index contributed by atoms with van der Waals surface area (Å²) in [5.41, 5.74) is 6.99. The highest BCUT2D eigenvalue weighted by molar-refractivity contribution is 5.97. The number of carbonyl (C=O) groups excluding carboxylic acids is 4. The van der Waals surface area contributed by atoms with Crippen LogP contribution in [0, 0.1) is 0 Å². The molecular formula is C27H32F3N5O6. The molecule has 11 nitrogen and oxygen atoms in total. The topological polar surface area (TPSA) is 161 Å². The van der Waals surface area contributed by atoms with E-state index in [2.05, 4.69) is 20.6 Å². The molecule has 2 aromatic carbocycles. The minimum atomic E-state index is -5.01. The lowest BCUT2D eigenvalue weighted by Gasteiger charge is -2.23. The number of carbonyl (C=O) groups is 4. The molecule has 0 unspecified atom stereocenters. The first-order chi connectivity index (χ1) is 19.0. The lowest BCUT2D eigenvalue weighted by molar-refractivity contribution is -0.173. The average Bonchev–Trinajstić information content (AvgIpc) is 2.87. The van der Waals surface area contributed by atoms with Gasteiger partial charge < -0.3 is 31.3 Å². The number of amides is 3. The van der Waals surface area contributed by atoms with E-state index in [1.165, 1.54) is 19.1 Å². The zero-order chi connectivity index (χ0) is 30.8. The van der Waals surface area contributed by atoms with Crippen LogP contribution in [0.2, 0.25) is 0 Å². The zero-order valence-electron chi connectivity index (χ0n) is 22.9. The quantitative estimate of drug-likeness (QED) is 0.146. The summed E-state index contributed by atoms with van der Waals surface area (Å²) in [5, 5.41) is 10.5. The predicted octanol–water partition coefficient (Wildman–Crippen LogP) is 2.80. The number of benzene rings is 2. The number of hydrogen-bond donors (Lipinski definition) is 4. The maximum absolute atomic E-state index is 13.1. The summed E-state index contributed by atoms with van der Waals surface area (Å²) in [6.07, 6.45) is -5.87. The van der Waals surface area contributed by atoms with Crippen molar-refractivity contribution in [2.24, 2.45) is 10.9 Å². The summed E-state index contributed by atoms with van der Waals surface area (Å²) < 4.78 is 42.8. The van der Waals surface area contributed by atoms with Crippen LogP contribution in [0.25, 0.3) is 0 Å². The van der Waals surface area contributed by atoms with E-state index in [1.54, 1.807) is 62.5 Å². The Morgan fingerprint density at radius 1 is 0.927 bits per heavy atom. The molecule has 2 aromatic rings. The van der Waals surface area contributed by atoms with Crippen molar-refractivity contribution in [3.05, 3.63) is 70.8 Å². The van der Waals surface area contributed by atoms with Gasteiger partial charge in [0.15, 0.2) is 5.84 Å². The number of nitrogens with zero attached hydrogens (tertiary/aromatic N) is 1. The van der Waals surface area contributed by atoms with Crippen molar-refractivity contribution in [1.29, 1.82) is 0 Å². The molecule has 0 aromatic heterocycles. The van der Waals surface area contributed by atoms with Crippen molar-refractivity contribution in [3.63, 3.8) is 0 Å². The number of hydrogen-bond acceptors (Lipinski definition) is 7. The molecule has 0 radical (unpaired) electrons. The van der Waals surface area contributed by atoms with Gasteiger partial charge >= 0.3 is 24.1 Å². The van der Waals surface area contributed by atoms with Crippen LogP contribution in [-0.2, 0) is 43.5 Å². The van der Waals surface area contributed by atoms with Crippen LogP contribution in [-0.4, -0.2) is 47.5 Å². The summed E-state index contributed by atoms with van der Waals surface area (Å²) in [4.78, 5) is 52.1. The smallest absolute Gasteiger partial charge is 0.444 e. The molecule has 2 rings (SSSR count). The average molecular weight is 580 g/mol. The molecule has 3 amide bonds. The highest BCUT2D eigenvalue weighted by Crippen LogP contribution is 2.15. The molecule has 1 atom stereocenters. The fourth-order valence-electron chi connectivity index (χ4n) is 3.32. The number of halogens is 3. The molecule has 0 aliphatic rings. The molecule has 5 N–H and O–H groups in total. The third-order valence-corrected chi connectivity index (χ3v) is 5.14. The molecule has 0 fully saturated rings. The van der Waals surface area contributed by atoms with Gasteiger partial charge in [0.05, 0.1) is 0 Å². The van der Waals surface area contributed by atoms with E-state index >= 15 is 0 Å². The molecule has 0 saturated heterocycles.